The van der Waals surface area contributed by atoms with Crippen molar-refractivity contribution in [2.45, 2.75) is 58.7 Å². The zero-order valence-electron chi connectivity index (χ0n) is 21.3. The molecule has 1 aliphatic heterocycles. The normalized spacial score (nSPS) is 16.4. The van der Waals surface area contributed by atoms with E-state index < -0.39 is 13.5 Å². The molecule has 0 radical (unpaired) electrons. The van der Waals surface area contributed by atoms with Crippen molar-refractivity contribution in [3.63, 3.8) is 0 Å². The van der Waals surface area contributed by atoms with E-state index in [2.05, 4.69) is 110 Å². The predicted molar refractivity (Wildman–Crippen MR) is 150 cm³/mol. The van der Waals surface area contributed by atoms with E-state index >= 15 is 0 Å². The Labute approximate surface area is 224 Å². The molecule has 1 aliphatic rings. The molecule has 3 nitrogen and oxygen atoms in total. The Balaban J connectivity index is 0.000000214. The molecule has 1 N–H and O–H groups in total. The Morgan fingerprint density at radius 1 is 0.743 bits per heavy atom. The monoisotopic (exact) mass is 600 g/mol. The van der Waals surface area contributed by atoms with Gasteiger partial charge < -0.3 is 9.80 Å². The molecular weight excluding hydrogens is 564 g/mol. The van der Waals surface area contributed by atoms with Gasteiger partial charge in [-0.15, -0.1) is 0 Å². The smallest absolute Gasteiger partial charge is 0.0282 e. The summed E-state index contributed by atoms with van der Waals surface area (Å²) in [4.78, 5) is 4.75. The quantitative estimate of drug-likeness (QED) is 0.168. The first-order valence-electron chi connectivity index (χ1n) is 11.7. The van der Waals surface area contributed by atoms with Crippen LogP contribution in [0.1, 0.15) is 47.1 Å². The van der Waals surface area contributed by atoms with Crippen LogP contribution in [0.25, 0.3) is 0 Å². The van der Waals surface area contributed by atoms with Crippen molar-refractivity contribution >= 4 is 35.4 Å². The molecule has 1 heterocycles. The van der Waals surface area contributed by atoms with Gasteiger partial charge in [-0.1, -0.05) is 36.4 Å². The average molecular weight is 601 g/mol. The maximum Gasteiger partial charge on any atom is 0.0282 e. The molecule has 0 spiro atoms. The van der Waals surface area contributed by atoms with E-state index in [1.54, 1.807) is 0 Å². The Morgan fingerprint density at radius 2 is 1.17 bits per heavy atom. The second kappa shape index (κ2) is 11.9. The maximum atomic E-state index is 5.83. The topological polar surface area (TPSA) is 19.3 Å². The number of hydrogen-bond acceptors (Lipinski definition) is 2. The molecule has 35 heavy (non-hydrogen) atoms. The molecule has 0 unspecified atom stereocenters. The van der Waals surface area contributed by atoms with Crippen LogP contribution < -0.4 is 9.80 Å². The van der Waals surface area contributed by atoms with Gasteiger partial charge in [0, 0.05) is 22.5 Å². The Morgan fingerprint density at radius 3 is 1.60 bits per heavy atom. The van der Waals surface area contributed by atoms with E-state index in [0.717, 1.165) is 11.3 Å². The molecule has 0 amide bonds. The van der Waals surface area contributed by atoms with Gasteiger partial charge in [-0.3, -0.25) is 0 Å². The second-order valence-electron chi connectivity index (χ2n) is 9.73. The molecule has 0 atom stereocenters. The molecule has 0 bridgehead atoms. The Kier molecular flexibility index (Phi) is 9.43. The standard InChI is InChI=1S/C19H23N2.C10H12O.2ClH.Ru/c1-18(2)19(3,4)21(17-13-9-6-10-14-17)15-20(18)16-11-7-5-8-12-16;1-8(2)11-10-7-5-4-6-9(10)3;;;/h5-15H,1-4H3;3-8H,1-2H3;2*1H;/q-1;;;;+2/p-1. The molecule has 6 heteroatoms. The van der Waals surface area contributed by atoms with Crippen LogP contribution in [0.5, 0.6) is 5.75 Å². The maximum absolute atomic E-state index is 5.83. The number of nitrogens with zero attached hydrogens (tertiary/aromatic N) is 2. The van der Waals surface area contributed by atoms with Crippen LogP contribution in [0.2, 0.25) is 0 Å². The molecule has 0 saturated carbocycles. The van der Waals surface area contributed by atoms with Crippen molar-refractivity contribution in [3.8, 4) is 5.75 Å². The minimum atomic E-state index is -1.75. The van der Waals surface area contributed by atoms with Crippen LogP contribution in [0.4, 0.5) is 11.4 Å². The SMILES string of the molecule is CC(C)[OH+]c1ccccc1[CH]=[Ru]([Cl])[Cl].CC1(C)N(c2ccccc2)[CH-]N(c2ccccc2)C1(C)C. The number of hydrogen-bond donors (Lipinski definition) is 0. The molecule has 3 aromatic rings. The summed E-state index contributed by atoms with van der Waals surface area (Å²) in [6.07, 6.45) is 0.288. The second-order valence-corrected chi connectivity index (χ2v) is 15.5. The summed E-state index contributed by atoms with van der Waals surface area (Å²) in [6, 6.07) is 29.1. The summed E-state index contributed by atoms with van der Waals surface area (Å²) in [5.41, 5.74) is 3.49. The van der Waals surface area contributed by atoms with Crippen molar-refractivity contribution in [2.75, 3.05) is 9.80 Å². The molecule has 1 fully saturated rings. The van der Waals surface area contributed by atoms with Crippen LogP contribution >= 0.6 is 19.4 Å². The summed E-state index contributed by atoms with van der Waals surface area (Å²) < 4.78 is 6.41. The molecule has 0 aromatic heterocycles. The average Bonchev–Trinajstić information content (AvgIpc) is 3.00. The van der Waals surface area contributed by atoms with Crippen LogP contribution in [0.15, 0.2) is 84.9 Å². The minimum Gasteiger partial charge on any atom is -0.497 e. The number of anilines is 2. The van der Waals surface area contributed by atoms with Crippen LogP contribution in [0, 0.1) is 6.67 Å². The summed E-state index contributed by atoms with van der Waals surface area (Å²) >= 11 is -1.75. The summed E-state index contributed by atoms with van der Waals surface area (Å²) in [5.74, 6) is 0.975. The van der Waals surface area contributed by atoms with Gasteiger partial charge in [0.05, 0.1) is 0 Å². The molecule has 190 valence electrons. The van der Waals surface area contributed by atoms with Crippen LogP contribution in [-0.2, 0) is 13.5 Å². The van der Waals surface area contributed by atoms with Crippen molar-refractivity contribution < 1.29 is 18.3 Å². The molecule has 1 saturated heterocycles. The third-order valence-electron chi connectivity index (χ3n) is 6.52. The molecule has 3 aromatic carbocycles. The minimum absolute atomic E-state index is 0.00973. The number of benzene rings is 3. The fourth-order valence-corrected chi connectivity index (χ4v) is 5.82. The van der Waals surface area contributed by atoms with E-state index in [-0.39, 0.29) is 17.2 Å². The Hall–Kier alpha value is -1.87. The van der Waals surface area contributed by atoms with E-state index in [1.807, 2.05) is 42.7 Å². The Bertz CT molecular complexity index is 1060. The summed E-state index contributed by atoms with van der Waals surface area (Å²) in [6.45, 7) is 15.6. The first-order valence-corrected chi connectivity index (χ1v) is 17.2. The van der Waals surface area contributed by atoms with E-state index in [4.69, 9.17) is 19.4 Å². The van der Waals surface area contributed by atoms with Gasteiger partial charge in [0.25, 0.3) is 0 Å². The number of rotatable bonds is 5. The van der Waals surface area contributed by atoms with Crippen LogP contribution in [-0.4, -0.2) is 26.5 Å². The van der Waals surface area contributed by atoms with Gasteiger partial charge in [0.2, 0.25) is 0 Å². The summed E-state index contributed by atoms with van der Waals surface area (Å²) in [5, 5.41) is 0. The zero-order chi connectivity index (χ0) is 25.6. The number of aromatic hydroxyl groups is 1. The summed E-state index contributed by atoms with van der Waals surface area (Å²) in [7, 11) is 11.7. The van der Waals surface area contributed by atoms with Gasteiger partial charge in [-0.2, -0.15) is 6.67 Å². The fraction of sp³-hybridized carbons (Fsp3) is 0.310. The fourth-order valence-electron chi connectivity index (χ4n) is 4.00. The zero-order valence-corrected chi connectivity index (χ0v) is 24.5. The van der Waals surface area contributed by atoms with E-state index in [1.165, 1.54) is 11.4 Å². The third kappa shape index (κ3) is 6.67. The number of para-hydroxylation sites is 3. The molecular formula is C29H36Cl2N2ORu. The van der Waals surface area contributed by atoms with Gasteiger partial charge in [-0.05, 0) is 52.0 Å². The third-order valence-corrected chi connectivity index (χ3v) is 8.36. The molecule has 0 aliphatic carbocycles. The van der Waals surface area contributed by atoms with E-state index in [0.29, 0.717) is 0 Å². The van der Waals surface area contributed by atoms with E-state index in [9.17, 15) is 0 Å². The van der Waals surface area contributed by atoms with Gasteiger partial charge in [-0.25, -0.2) is 0 Å². The van der Waals surface area contributed by atoms with Crippen LogP contribution in [0.3, 0.4) is 0 Å². The van der Waals surface area contributed by atoms with Crippen molar-refractivity contribution in [1.82, 2.24) is 0 Å². The van der Waals surface area contributed by atoms with Gasteiger partial charge >= 0.3 is 97.8 Å². The van der Waals surface area contributed by atoms with Crippen molar-refractivity contribution in [2.24, 2.45) is 0 Å². The first-order chi connectivity index (χ1) is 16.5. The first kappa shape index (κ1) is 27.7. The van der Waals surface area contributed by atoms with Crippen molar-refractivity contribution in [1.29, 1.82) is 0 Å². The largest absolute Gasteiger partial charge is 0.497 e. The van der Waals surface area contributed by atoms with Gasteiger partial charge in [0.15, 0.2) is 0 Å². The predicted octanol–water partition coefficient (Wildman–Crippen LogP) is 8.10. The van der Waals surface area contributed by atoms with Crippen molar-refractivity contribution in [3.05, 3.63) is 97.2 Å². The number of halogens is 2. The number of aliphatic hydroxyl groups is 1. The number of ether oxygens (including phenoxy) is 1. The van der Waals surface area contributed by atoms with Gasteiger partial charge in [0.1, 0.15) is 0 Å². The molecule has 4 rings (SSSR count).